The van der Waals surface area contributed by atoms with E-state index in [1.807, 2.05) is 0 Å². The van der Waals surface area contributed by atoms with E-state index in [-0.39, 0.29) is 0 Å². The van der Waals surface area contributed by atoms with Crippen molar-refractivity contribution in [3.8, 4) is 0 Å². The van der Waals surface area contributed by atoms with Crippen molar-refractivity contribution in [2.75, 3.05) is 32.7 Å². The molecule has 2 atom stereocenters. The highest BCUT2D eigenvalue weighted by atomic mass is 15.2. The Bertz CT molecular complexity index is 302. The zero-order valence-electron chi connectivity index (χ0n) is 15.0. The molecular weight excluding hydrogens is 258 g/mol. The number of piperidine rings is 2. The Hall–Kier alpha value is -0.120. The monoisotopic (exact) mass is 295 g/mol. The van der Waals surface area contributed by atoms with Gasteiger partial charge in [-0.05, 0) is 72.4 Å². The SMILES string of the molecule is CCN1CCCC(C(C)NC2CCN(C(C)(C)C)CC2)C1. The number of nitrogens with zero attached hydrogens (tertiary/aromatic N) is 2. The van der Waals surface area contributed by atoms with E-state index in [1.165, 1.54) is 58.4 Å². The molecule has 2 rings (SSSR count). The van der Waals surface area contributed by atoms with Gasteiger partial charge in [0.25, 0.3) is 0 Å². The molecule has 2 aliphatic heterocycles. The molecular formula is C18H37N3. The van der Waals surface area contributed by atoms with E-state index < -0.39 is 0 Å². The van der Waals surface area contributed by atoms with E-state index in [1.54, 1.807) is 0 Å². The third-order valence-electron chi connectivity index (χ3n) is 5.64. The van der Waals surface area contributed by atoms with Crippen molar-refractivity contribution in [3.05, 3.63) is 0 Å². The average molecular weight is 296 g/mol. The summed E-state index contributed by atoms with van der Waals surface area (Å²) in [6, 6.07) is 1.40. The molecule has 0 aliphatic carbocycles. The molecule has 2 heterocycles. The minimum Gasteiger partial charge on any atom is -0.311 e. The van der Waals surface area contributed by atoms with Crippen LogP contribution in [0, 0.1) is 5.92 Å². The van der Waals surface area contributed by atoms with Gasteiger partial charge in [0.05, 0.1) is 0 Å². The van der Waals surface area contributed by atoms with Gasteiger partial charge in [-0.25, -0.2) is 0 Å². The predicted molar refractivity (Wildman–Crippen MR) is 91.8 cm³/mol. The third-order valence-corrected chi connectivity index (χ3v) is 5.64. The molecule has 0 aromatic heterocycles. The predicted octanol–water partition coefficient (Wildman–Crippen LogP) is 2.96. The van der Waals surface area contributed by atoms with Gasteiger partial charge in [0, 0.05) is 37.3 Å². The Morgan fingerprint density at radius 1 is 1.10 bits per heavy atom. The standard InChI is InChI=1S/C18H37N3/c1-6-20-11-7-8-16(14-20)15(2)19-17-9-12-21(13-10-17)18(3,4)5/h15-17,19H,6-14H2,1-5H3. The van der Waals surface area contributed by atoms with Crippen molar-refractivity contribution in [3.63, 3.8) is 0 Å². The maximum absolute atomic E-state index is 3.95. The molecule has 21 heavy (non-hydrogen) atoms. The number of hydrogen-bond acceptors (Lipinski definition) is 3. The Morgan fingerprint density at radius 2 is 1.76 bits per heavy atom. The molecule has 0 aromatic rings. The first kappa shape index (κ1) is 17.2. The number of rotatable bonds is 4. The second-order valence-electron chi connectivity index (χ2n) is 8.18. The van der Waals surface area contributed by atoms with Gasteiger partial charge < -0.3 is 10.2 Å². The van der Waals surface area contributed by atoms with E-state index in [4.69, 9.17) is 0 Å². The Balaban J connectivity index is 1.75. The van der Waals surface area contributed by atoms with Crippen LogP contribution in [0.5, 0.6) is 0 Å². The van der Waals surface area contributed by atoms with Gasteiger partial charge in [0.15, 0.2) is 0 Å². The molecule has 0 amide bonds. The summed E-state index contributed by atoms with van der Waals surface area (Å²) >= 11 is 0. The van der Waals surface area contributed by atoms with E-state index >= 15 is 0 Å². The molecule has 2 fully saturated rings. The minimum atomic E-state index is 0.335. The number of likely N-dealkylation sites (tertiary alicyclic amines) is 2. The van der Waals surface area contributed by atoms with Crippen molar-refractivity contribution in [1.29, 1.82) is 0 Å². The molecule has 124 valence electrons. The average Bonchev–Trinajstić information content (AvgIpc) is 2.47. The lowest BCUT2D eigenvalue weighted by atomic mass is 9.90. The van der Waals surface area contributed by atoms with E-state index in [0.29, 0.717) is 11.6 Å². The lowest BCUT2D eigenvalue weighted by Crippen LogP contribution is -2.53. The first-order valence-electron chi connectivity index (χ1n) is 9.13. The van der Waals surface area contributed by atoms with Crippen LogP contribution in [-0.2, 0) is 0 Å². The van der Waals surface area contributed by atoms with Crippen molar-refractivity contribution in [2.45, 2.75) is 77.9 Å². The molecule has 2 aliphatic rings. The Kier molecular flexibility index (Phi) is 6.10. The molecule has 2 unspecified atom stereocenters. The summed E-state index contributed by atoms with van der Waals surface area (Å²) < 4.78 is 0. The molecule has 3 nitrogen and oxygen atoms in total. The summed E-state index contributed by atoms with van der Waals surface area (Å²) in [4.78, 5) is 5.25. The van der Waals surface area contributed by atoms with Gasteiger partial charge in [-0.1, -0.05) is 6.92 Å². The molecule has 0 spiro atoms. The molecule has 0 radical (unpaired) electrons. The zero-order valence-corrected chi connectivity index (χ0v) is 15.0. The van der Waals surface area contributed by atoms with Crippen molar-refractivity contribution >= 4 is 0 Å². The highest BCUT2D eigenvalue weighted by molar-refractivity contribution is 4.87. The fourth-order valence-electron chi connectivity index (χ4n) is 4.01. The van der Waals surface area contributed by atoms with Crippen LogP contribution in [0.3, 0.4) is 0 Å². The van der Waals surface area contributed by atoms with Crippen LogP contribution in [0.1, 0.15) is 60.3 Å². The fourth-order valence-corrected chi connectivity index (χ4v) is 4.01. The van der Waals surface area contributed by atoms with Crippen LogP contribution in [0.15, 0.2) is 0 Å². The van der Waals surface area contributed by atoms with Crippen LogP contribution >= 0.6 is 0 Å². The smallest absolute Gasteiger partial charge is 0.0125 e. The quantitative estimate of drug-likeness (QED) is 0.860. The lowest BCUT2D eigenvalue weighted by molar-refractivity contribution is 0.0871. The summed E-state index contributed by atoms with van der Waals surface area (Å²) in [5, 5.41) is 3.95. The van der Waals surface area contributed by atoms with Crippen LogP contribution < -0.4 is 5.32 Å². The third kappa shape index (κ3) is 4.94. The number of hydrogen-bond donors (Lipinski definition) is 1. The number of nitrogens with one attached hydrogen (secondary N) is 1. The lowest BCUT2D eigenvalue weighted by Gasteiger charge is -2.43. The summed E-state index contributed by atoms with van der Waals surface area (Å²) in [6.07, 6.45) is 5.41. The van der Waals surface area contributed by atoms with Crippen molar-refractivity contribution < 1.29 is 0 Å². The molecule has 3 heteroatoms. The second kappa shape index (κ2) is 7.43. The summed E-state index contributed by atoms with van der Waals surface area (Å²) in [6.45, 7) is 18.0. The molecule has 1 N–H and O–H groups in total. The molecule has 2 saturated heterocycles. The Labute approximate surface area is 132 Å². The van der Waals surface area contributed by atoms with Gasteiger partial charge in [0.2, 0.25) is 0 Å². The highest BCUT2D eigenvalue weighted by Crippen LogP contribution is 2.23. The van der Waals surface area contributed by atoms with E-state index in [9.17, 15) is 0 Å². The van der Waals surface area contributed by atoms with Gasteiger partial charge in [-0.15, -0.1) is 0 Å². The normalized spacial score (nSPS) is 28.7. The van der Waals surface area contributed by atoms with Gasteiger partial charge >= 0.3 is 0 Å². The van der Waals surface area contributed by atoms with Crippen molar-refractivity contribution in [1.82, 2.24) is 15.1 Å². The minimum absolute atomic E-state index is 0.335. The topological polar surface area (TPSA) is 18.5 Å². The first-order valence-corrected chi connectivity index (χ1v) is 9.13. The maximum atomic E-state index is 3.95. The van der Waals surface area contributed by atoms with Gasteiger partial charge in [0.1, 0.15) is 0 Å². The maximum Gasteiger partial charge on any atom is 0.0125 e. The van der Waals surface area contributed by atoms with Gasteiger partial charge in [-0.2, -0.15) is 0 Å². The largest absolute Gasteiger partial charge is 0.311 e. The summed E-state index contributed by atoms with van der Waals surface area (Å²) in [7, 11) is 0. The van der Waals surface area contributed by atoms with Crippen LogP contribution in [0.25, 0.3) is 0 Å². The summed E-state index contributed by atoms with van der Waals surface area (Å²) in [5.41, 5.74) is 0.335. The fraction of sp³-hybridized carbons (Fsp3) is 1.00. The second-order valence-corrected chi connectivity index (χ2v) is 8.18. The van der Waals surface area contributed by atoms with Crippen LogP contribution in [0.4, 0.5) is 0 Å². The zero-order chi connectivity index (χ0) is 15.5. The van der Waals surface area contributed by atoms with Crippen molar-refractivity contribution in [2.24, 2.45) is 5.92 Å². The first-order chi connectivity index (χ1) is 9.90. The molecule has 0 aromatic carbocycles. The van der Waals surface area contributed by atoms with Gasteiger partial charge in [-0.3, -0.25) is 4.90 Å². The van der Waals surface area contributed by atoms with Crippen LogP contribution in [0.2, 0.25) is 0 Å². The van der Waals surface area contributed by atoms with Crippen LogP contribution in [-0.4, -0.2) is 60.1 Å². The molecule has 0 bridgehead atoms. The van der Waals surface area contributed by atoms with E-state index in [2.05, 4.69) is 49.7 Å². The Morgan fingerprint density at radius 3 is 2.33 bits per heavy atom. The molecule has 0 saturated carbocycles. The summed E-state index contributed by atoms with van der Waals surface area (Å²) in [5.74, 6) is 0.847. The van der Waals surface area contributed by atoms with E-state index in [0.717, 1.165) is 12.0 Å². The highest BCUT2D eigenvalue weighted by Gasteiger charge is 2.29.